The Bertz CT molecular complexity index is 1310. The standard InChI is InChI=1S/C29H32F6N2O2S/c1-15(2)20-10-16-6-7-23-26(3,8-5-9-27(23,4)24(38)39)21(16)14-22(20)37-25(40)36-19-12-17(28(30,31)32)11-18(13-19)29(33,34)35/h10-15,23H,5-9H2,1-4H3,(H,38,39)(H2,36,37,40)/t23?,26-,27-/m1/s1. The first-order valence-electron chi connectivity index (χ1n) is 13.1. The van der Waals surface area contributed by atoms with Gasteiger partial charge < -0.3 is 15.7 Å². The highest BCUT2D eigenvalue weighted by atomic mass is 32.1. The molecule has 2 aliphatic carbocycles. The lowest BCUT2D eigenvalue weighted by Crippen LogP contribution is -2.52. The van der Waals surface area contributed by atoms with Crippen molar-refractivity contribution in [3.63, 3.8) is 0 Å². The normalized spacial score (nSPS) is 24.7. The van der Waals surface area contributed by atoms with E-state index in [-0.39, 0.29) is 23.0 Å². The van der Waals surface area contributed by atoms with E-state index >= 15 is 0 Å². The first-order valence-corrected chi connectivity index (χ1v) is 13.6. The van der Waals surface area contributed by atoms with E-state index in [1.54, 1.807) is 0 Å². The van der Waals surface area contributed by atoms with Crippen molar-refractivity contribution in [2.75, 3.05) is 10.6 Å². The number of carbonyl (C=O) groups is 1. The van der Waals surface area contributed by atoms with Crippen LogP contribution in [-0.2, 0) is 29.0 Å². The van der Waals surface area contributed by atoms with Crippen LogP contribution in [0.1, 0.15) is 87.1 Å². The first kappa shape index (κ1) is 30.1. The lowest BCUT2D eigenvalue weighted by Gasteiger charge is -2.53. The van der Waals surface area contributed by atoms with E-state index in [0.717, 1.165) is 36.0 Å². The Kier molecular flexibility index (Phi) is 7.71. The Morgan fingerprint density at radius 1 is 0.975 bits per heavy atom. The van der Waals surface area contributed by atoms with Gasteiger partial charge >= 0.3 is 18.3 Å². The average Bonchev–Trinajstić information content (AvgIpc) is 2.82. The molecular formula is C29H32F6N2O2S. The van der Waals surface area contributed by atoms with Gasteiger partial charge in [0.2, 0.25) is 0 Å². The summed E-state index contributed by atoms with van der Waals surface area (Å²) >= 11 is 5.34. The number of hydrogen-bond donors (Lipinski definition) is 3. The average molecular weight is 587 g/mol. The number of rotatable bonds is 4. The molecule has 11 heteroatoms. The molecule has 40 heavy (non-hydrogen) atoms. The van der Waals surface area contributed by atoms with E-state index in [9.17, 15) is 36.2 Å². The SMILES string of the molecule is CC(C)c1cc2c(cc1NC(=S)Nc1cc(C(F)(F)F)cc(C(F)(F)F)c1)[C@@]1(C)CCC[C@@](C)(C(=O)O)C1CC2. The molecule has 0 heterocycles. The van der Waals surface area contributed by atoms with Gasteiger partial charge in [-0.15, -0.1) is 0 Å². The second-order valence-corrected chi connectivity index (χ2v) is 12.1. The summed E-state index contributed by atoms with van der Waals surface area (Å²) in [4.78, 5) is 12.3. The molecule has 4 rings (SSSR count). The van der Waals surface area contributed by atoms with Crippen LogP contribution in [0.15, 0.2) is 30.3 Å². The second-order valence-electron chi connectivity index (χ2n) is 11.7. The Morgan fingerprint density at radius 2 is 1.57 bits per heavy atom. The van der Waals surface area contributed by atoms with E-state index in [0.29, 0.717) is 30.7 Å². The van der Waals surface area contributed by atoms with Gasteiger partial charge in [0.25, 0.3) is 0 Å². The van der Waals surface area contributed by atoms with Crippen LogP contribution in [0.5, 0.6) is 0 Å². The monoisotopic (exact) mass is 586 g/mol. The van der Waals surface area contributed by atoms with Crippen LogP contribution in [0, 0.1) is 11.3 Å². The van der Waals surface area contributed by atoms with Crippen molar-refractivity contribution in [2.24, 2.45) is 11.3 Å². The van der Waals surface area contributed by atoms with Crippen LogP contribution < -0.4 is 10.6 Å². The van der Waals surface area contributed by atoms with Gasteiger partial charge in [-0.25, -0.2) is 0 Å². The summed E-state index contributed by atoms with van der Waals surface area (Å²) in [5, 5.41) is 15.4. The zero-order valence-electron chi connectivity index (χ0n) is 22.6. The zero-order chi connectivity index (χ0) is 29.8. The third kappa shape index (κ3) is 5.53. The molecule has 1 fully saturated rings. The van der Waals surface area contributed by atoms with Crippen molar-refractivity contribution in [3.05, 3.63) is 58.1 Å². The van der Waals surface area contributed by atoms with Crippen molar-refractivity contribution in [3.8, 4) is 0 Å². The third-order valence-corrected chi connectivity index (χ3v) is 8.93. The summed E-state index contributed by atoms with van der Waals surface area (Å²) in [7, 11) is 0. The van der Waals surface area contributed by atoms with Crippen molar-refractivity contribution in [1.82, 2.24) is 0 Å². The molecule has 0 bridgehead atoms. The maximum atomic E-state index is 13.3. The van der Waals surface area contributed by atoms with Gasteiger partial charge in [0, 0.05) is 11.4 Å². The van der Waals surface area contributed by atoms with Crippen LogP contribution in [0.2, 0.25) is 0 Å². The third-order valence-electron chi connectivity index (χ3n) is 8.73. The quantitative estimate of drug-likeness (QED) is 0.247. The second kappa shape index (κ2) is 10.2. The molecule has 2 aromatic carbocycles. The topological polar surface area (TPSA) is 61.4 Å². The highest BCUT2D eigenvalue weighted by Crippen LogP contribution is 2.58. The molecule has 2 aromatic rings. The smallest absolute Gasteiger partial charge is 0.416 e. The summed E-state index contributed by atoms with van der Waals surface area (Å²) in [6, 6.07) is 5.23. The molecule has 218 valence electrons. The predicted molar refractivity (Wildman–Crippen MR) is 146 cm³/mol. The molecule has 0 aliphatic heterocycles. The summed E-state index contributed by atoms with van der Waals surface area (Å²) in [6.07, 6.45) is -6.35. The maximum Gasteiger partial charge on any atom is 0.416 e. The zero-order valence-corrected chi connectivity index (χ0v) is 23.4. The van der Waals surface area contributed by atoms with Crippen LogP contribution in [0.25, 0.3) is 0 Å². The highest BCUT2D eigenvalue weighted by Gasteiger charge is 2.55. The number of benzene rings is 2. The van der Waals surface area contributed by atoms with Gasteiger partial charge in [0.15, 0.2) is 5.11 Å². The lowest BCUT2D eigenvalue weighted by atomic mass is 9.49. The number of aryl methyl sites for hydroxylation is 1. The van der Waals surface area contributed by atoms with Crippen molar-refractivity contribution in [2.45, 2.75) is 83.5 Å². The minimum Gasteiger partial charge on any atom is -0.481 e. The Balaban J connectivity index is 1.70. The number of alkyl halides is 6. The number of anilines is 2. The van der Waals surface area contributed by atoms with E-state index in [1.165, 1.54) is 0 Å². The van der Waals surface area contributed by atoms with Crippen molar-refractivity contribution < 1.29 is 36.2 Å². The molecule has 3 atom stereocenters. The number of fused-ring (bicyclic) bond motifs is 3. The van der Waals surface area contributed by atoms with Crippen LogP contribution in [-0.4, -0.2) is 16.2 Å². The summed E-state index contributed by atoms with van der Waals surface area (Å²) in [6.45, 7) is 7.85. The minimum absolute atomic E-state index is 0.0298. The molecule has 2 aliphatic rings. The number of halogens is 6. The molecule has 0 amide bonds. The molecule has 4 nitrogen and oxygen atoms in total. The number of thiocarbonyl (C=S) groups is 1. The number of carboxylic acid groups (broad SMARTS) is 1. The van der Waals surface area contributed by atoms with Crippen molar-refractivity contribution in [1.29, 1.82) is 0 Å². The molecular weight excluding hydrogens is 554 g/mol. The fraction of sp³-hybridized carbons (Fsp3) is 0.517. The summed E-state index contributed by atoms with van der Waals surface area (Å²) < 4.78 is 79.9. The fourth-order valence-electron chi connectivity index (χ4n) is 6.69. The van der Waals surface area contributed by atoms with Gasteiger partial charge in [0.05, 0.1) is 16.5 Å². The molecule has 0 spiro atoms. The van der Waals surface area contributed by atoms with Crippen LogP contribution >= 0.6 is 12.2 Å². The van der Waals surface area contributed by atoms with E-state index in [1.807, 2.05) is 26.8 Å². The van der Waals surface area contributed by atoms with Gasteiger partial charge in [0.1, 0.15) is 0 Å². The maximum absolute atomic E-state index is 13.3. The minimum atomic E-state index is -4.98. The molecule has 3 N–H and O–H groups in total. The number of hydrogen-bond acceptors (Lipinski definition) is 2. The molecule has 1 unspecified atom stereocenters. The largest absolute Gasteiger partial charge is 0.481 e. The summed E-state index contributed by atoms with van der Waals surface area (Å²) in [5.41, 5.74) is -1.02. The van der Waals surface area contributed by atoms with Crippen molar-refractivity contribution >= 4 is 34.7 Å². The van der Waals surface area contributed by atoms with E-state index in [2.05, 4.69) is 23.6 Å². The van der Waals surface area contributed by atoms with Crippen LogP contribution in [0.3, 0.4) is 0 Å². The van der Waals surface area contributed by atoms with Gasteiger partial charge in [-0.3, -0.25) is 4.79 Å². The lowest BCUT2D eigenvalue weighted by molar-refractivity contribution is -0.157. The van der Waals surface area contributed by atoms with E-state index in [4.69, 9.17) is 12.2 Å². The summed E-state index contributed by atoms with van der Waals surface area (Å²) in [5.74, 6) is -0.872. The Morgan fingerprint density at radius 3 is 2.10 bits per heavy atom. The fourth-order valence-corrected chi connectivity index (χ4v) is 6.92. The first-order chi connectivity index (χ1) is 18.4. The molecule has 1 saturated carbocycles. The van der Waals surface area contributed by atoms with Gasteiger partial charge in [-0.05, 0) is 103 Å². The highest BCUT2D eigenvalue weighted by molar-refractivity contribution is 7.80. The number of carboxylic acids is 1. The van der Waals surface area contributed by atoms with E-state index < -0.39 is 46.0 Å². The van der Waals surface area contributed by atoms with Gasteiger partial charge in [-0.2, -0.15) is 26.3 Å². The number of aliphatic carboxylic acids is 1. The van der Waals surface area contributed by atoms with Crippen LogP contribution in [0.4, 0.5) is 37.7 Å². The Hall–Kier alpha value is -2.82. The Labute approximate surface area is 234 Å². The number of nitrogens with one attached hydrogen (secondary N) is 2. The molecule has 0 aromatic heterocycles. The molecule has 0 saturated heterocycles. The van der Waals surface area contributed by atoms with Gasteiger partial charge in [-0.1, -0.05) is 33.3 Å². The molecule has 0 radical (unpaired) electrons. The predicted octanol–water partition coefficient (Wildman–Crippen LogP) is 8.75.